The van der Waals surface area contributed by atoms with Gasteiger partial charge in [-0.3, -0.25) is 4.79 Å². The molecule has 0 radical (unpaired) electrons. The van der Waals surface area contributed by atoms with Gasteiger partial charge < -0.3 is 15.2 Å². The molecule has 1 atom stereocenters. The van der Waals surface area contributed by atoms with Crippen LogP contribution in [-0.4, -0.2) is 29.8 Å². The van der Waals surface area contributed by atoms with Crippen LogP contribution in [0.1, 0.15) is 24.0 Å². The minimum Gasteiger partial charge on any atom is -0.381 e. The van der Waals surface area contributed by atoms with Crippen LogP contribution in [0, 0.1) is 17.2 Å². The van der Waals surface area contributed by atoms with E-state index in [9.17, 15) is 9.90 Å². The lowest BCUT2D eigenvalue weighted by molar-refractivity contribution is -0.144. The monoisotopic (exact) mass is 384 g/mol. The van der Waals surface area contributed by atoms with Gasteiger partial charge >= 0.3 is 0 Å². The molecule has 1 amide bonds. The van der Waals surface area contributed by atoms with Crippen molar-refractivity contribution >= 4 is 23.2 Å². The second kappa shape index (κ2) is 8.53. The second-order valence-corrected chi connectivity index (χ2v) is 7.14. The van der Waals surface area contributed by atoms with E-state index in [-0.39, 0.29) is 17.4 Å². The zero-order valence-corrected chi connectivity index (χ0v) is 15.6. The molecule has 2 N–H and O–H groups in total. The van der Waals surface area contributed by atoms with Gasteiger partial charge in [0.15, 0.2) is 0 Å². The van der Waals surface area contributed by atoms with E-state index in [1.807, 2.05) is 36.4 Å². The Morgan fingerprint density at radius 2 is 1.96 bits per heavy atom. The predicted molar refractivity (Wildman–Crippen MR) is 103 cm³/mol. The van der Waals surface area contributed by atoms with Crippen molar-refractivity contribution in [1.82, 2.24) is 0 Å². The van der Waals surface area contributed by atoms with Gasteiger partial charge in [0.1, 0.15) is 11.7 Å². The molecular weight excluding hydrogens is 364 g/mol. The van der Waals surface area contributed by atoms with Crippen molar-refractivity contribution in [2.24, 2.45) is 5.92 Å². The summed E-state index contributed by atoms with van der Waals surface area (Å²) in [5.74, 6) is -0.681. The summed E-state index contributed by atoms with van der Waals surface area (Å²) < 4.78 is 5.39. The van der Waals surface area contributed by atoms with Crippen LogP contribution in [0.2, 0.25) is 5.02 Å². The number of aliphatic hydroxyl groups is 1. The first-order valence-electron chi connectivity index (χ1n) is 8.88. The summed E-state index contributed by atoms with van der Waals surface area (Å²) in [4.78, 5) is 13.1. The Hall–Kier alpha value is -2.39. The maximum atomic E-state index is 13.1. The van der Waals surface area contributed by atoms with Crippen molar-refractivity contribution in [2.45, 2.75) is 24.9 Å². The highest BCUT2D eigenvalue weighted by Gasteiger charge is 2.44. The Balaban J connectivity index is 1.86. The lowest BCUT2D eigenvalue weighted by Gasteiger charge is -2.37. The largest absolute Gasteiger partial charge is 0.381 e. The zero-order valence-electron chi connectivity index (χ0n) is 14.8. The number of halogens is 1. The van der Waals surface area contributed by atoms with E-state index in [0.717, 1.165) is 5.56 Å². The number of anilines is 1. The molecule has 5 nitrogen and oxygen atoms in total. The Kier molecular flexibility index (Phi) is 6.12. The third kappa shape index (κ3) is 4.48. The van der Waals surface area contributed by atoms with Gasteiger partial charge in [-0.1, -0.05) is 41.9 Å². The summed E-state index contributed by atoms with van der Waals surface area (Å²) in [6, 6.07) is 16.1. The van der Waals surface area contributed by atoms with Gasteiger partial charge in [-0.05, 0) is 36.6 Å². The molecule has 1 heterocycles. The maximum absolute atomic E-state index is 13.1. The molecule has 140 valence electrons. The van der Waals surface area contributed by atoms with Gasteiger partial charge in [-0.2, -0.15) is 5.26 Å². The van der Waals surface area contributed by atoms with E-state index in [1.54, 1.807) is 12.1 Å². The van der Waals surface area contributed by atoms with E-state index in [4.69, 9.17) is 21.6 Å². The fourth-order valence-electron chi connectivity index (χ4n) is 3.42. The number of carbonyl (C=O) groups excluding carboxylic acids is 1. The first-order chi connectivity index (χ1) is 13.0. The van der Waals surface area contributed by atoms with Gasteiger partial charge in [0.05, 0.1) is 10.6 Å². The highest BCUT2D eigenvalue weighted by Crippen LogP contribution is 2.32. The van der Waals surface area contributed by atoms with E-state index in [0.29, 0.717) is 37.3 Å². The van der Waals surface area contributed by atoms with Crippen molar-refractivity contribution in [2.75, 3.05) is 18.5 Å². The molecule has 6 heteroatoms. The normalized spacial score (nSPS) is 16.9. The molecule has 1 unspecified atom stereocenters. The number of ether oxygens (including phenoxy) is 1. The molecule has 0 bridgehead atoms. The highest BCUT2D eigenvalue weighted by molar-refractivity contribution is 6.32. The zero-order chi connectivity index (χ0) is 19.3. The molecule has 0 saturated carbocycles. The molecule has 0 aliphatic carbocycles. The summed E-state index contributed by atoms with van der Waals surface area (Å²) in [5.41, 5.74) is 0.103. The lowest BCUT2D eigenvalue weighted by atomic mass is 9.77. The van der Waals surface area contributed by atoms with E-state index >= 15 is 0 Å². The second-order valence-electron chi connectivity index (χ2n) is 6.73. The van der Waals surface area contributed by atoms with Crippen LogP contribution in [0.4, 0.5) is 5.69 Å². The van der Waals surface area contributed by atoms with Crippen molar-refractivity contribution in [3.8, 4) is 6.07 Å². The number of hydrogen-bond acceptors (Lipinski definition) is 4. The number of carbonyl (C=O) groups is 1. The van der Waals surface area contributed by atoms with Crippen LogP contribution >= 0.6 is 11.6 Å². The van der Waals surface area contributed by atoms with Gasteiger partial charge in [-0.25, -0.2) is 0 Å². The first-order valence-corrected chi connectivity index (χ1v) is 9.26. The molecule has 0 aromatic heterocycles. The van der Waals surface area contributed by atoms with Crippen molar-refractivity contribution in [3.63, 3.8) is 0 Å². The van der Waals surface area contributed by atoms with Crippen molar-refractivity contribution < 1.29 is 14.6 Å². The standard InChI is InChI=1S/C21H21ClN2O3/c22-19-12-18(7-6-16(19)14-23)24-20(25)21(26,17-8-10-27-11-9-17)13-15-4-2-1-3-5-15/h1-7,12,17,26H,8-11,13H2,(H,24,25). The van der Waals surface area contributed by atoms with Crippen molar-refractivity contribution in [1.29, 1.82) is 5.26 Å². The summed E-state index contributed by atoms with van der Waals surface area (Å²) >= 11 is 6.05. The molecular formula is C21H21ClN2O3. The molecule has 27 heavy (non-hydrogen) atoms. The Morgan fingerprint density at radius 1 is 1.26 bits per heavy atom. The number of nitriles is 1. The SMILES string of the molecule is N#Cc1ccc(NC(=O)C(O)(Cc2ccccc2)C2CCOCC2)cc1Cl. The predicted octanol–water partition coefficient (Wildman–Crippen LogP) is 3.55. The van der Waals surface area contributed by atoms with Gasteiger partial charge in [-0.15, -0.1) is 0 Å². The Labute approximate surface area is 163 Å². The van der Waals surface area contributed by atoms with E-state index in [2.05, 4.69) is 5.32 Å². The minimum absolute atomic E-state index is 0.208. The molecule has 1 aliphatic heterocycles. The van der Waals surface area contributed by atoms with Crippen LogP contribution in [0.3, 0.4) is 0 Å². The summed E-state index contributed by atoms with van der Waals surface area (Å²) in [6.07, 6.45) is 1.45. The number of amides is 1. The molecule has 2 aromatic carbocycles. The third-order valence-corrected chi connectivity index (χ3v) is 5.27. The summed E-state index contributed by atoms with van der Waals surface area (Å²) in [6.45, 7) is 1.05. The van der Waals surface area contributed by atoms with Crippen LogP contribution in [0.5, 0.6) is 0 Å². The van der Waals surface area contributed by atoms with Crippen LogP contribution in [-0.2, 0) is 16.0 Å². The minimum atomic E-state index is -1.56. The molecule has 3 rings (SSSR count). The van der Waals surface area contributed by atoms with Crippen LogP contribution in [0.25, 0.3) is 0 Å². The smallest absolute Gasteiger partial charge is 0.256 e. The fourth-order valence-corrected chi connectivity index (χ4v) is 3.64. The number of nitrogens with zero attached hydrogens (tertiary/aromatic N) is 1. The highest BCUT2D eigenvalue weighted by atomic mass is 35.5. The number of hydrogen-bond donors (Lipinski definition) is 2. The lowest BCUT2D eigenvalue weighted by Crippen LogP contribution is -2.52. The number of nitrogens with one attached hydrogen (secondary N) is 1. The summed E-state index contributed by atoms with van der Waals surface area (Å²) in [7, 11) is 0. The average Bonchev–Trinajstić information content (AvgIpc) is 2.69. The van der Waals surface area contributed by atoms with Crippen LogP contribution in [0.15, 0.2) is 48.5 Å². The third-order valence-electron chi connectivity index (χ3n) is 4.95. The Morgan fingerprint density at radius 3 is 2.59 bits per heavy atom. The fraction of sp³-hybridized carbons (Fsp3) is 0.333. The van der Waals surface area contributed by atoms with Crippen LogP contribution < -0.4 is 5.32 Å². The van der Waals surface area contributed by atoms with Gasteiger partial charge in [0.25, 0.3) is 5.91 Å². The molecule has 2 aromatic rings. The summed E-state index contributed by atoms with van der Waals surface area (Å²) in [5, 5.41) is 23.4. The topological polar surface area (TPSA) is 82.4 Å². The van der Waals surface area contributed by atoms with Gasteiger partial charge in [0, 0.05) is 31.2 Å². The van der Waals surface area contributed by atoms with E-state index < -0.39 is 11.5 Å². The molecule has 1 aliphatic rings. The Bertz CT molecular complexity index is 844. The average molecular weight is 385 g/mol. The molecule has 1 fully saturated rings. The number of benzene rings is 2. The molecule has 1 saturated heterocycles. The first kappa shape index (κ1) is 19.4. The van der Waals surface area contributed by atoms with Crippen molar-refractivity contribution in [3.05, 3.63) is 64.7 Å². The maximum Gasteiger partial charge on any atom is 0.256 e. The quantitative estimate of drug-likeness (QED) is 0.825. The van der Waals surface area contributed by atoms with Gasteiger partial charge in [0.2, 0.25) is 0 Å². The molecule has 0 spiro atoms. The van der Waals surface area contributed by atoms with E-state index in [1.165, 1.54) is 6.07 Å². The number of rotatable bonds is 5.